The highest BCUT2D eigenvalue weighted by atomic mass is 16.1. The quantitative estimate of drug-likeness (QED) is 0.503. The zero-order valence-electron chi connectivity index (χ0n) is 11.8. The summed E-state index contributed by atoms with van der Waals surface area (Å²) in [5, 5.41) is 2.94. The normalized spacial score (nSPS) is 10.9. The van der Waals surface area contributed by atoms with E-state index in [9.17, 15) is 4.79 Å². The molecule has 3 rings (SSSR count). The van der Waals surface area contributed by atoms with Gasteiger partial charge in [-0.05, 0) is 31.4 Å². The molecule has 0 unspecified atom stereocenters. The lowest BCUT2D eigenvalue weighted by molar-refractivity contribution is 0.820. The van der Waals surface area contributed by atoms with E-state index in [2.05, 4.69) is 12.1 Å². The maximum atomic E-state index is 12.7. The Labute approximate surface area is 118 Å². The molecule has 3 aromatic rings. The molecule has 0 atom stereocenters. The van der Waals surface area contributed by atoms with Crippen molar-refractivity contribution in [3.8, 4) is 0 Å². The first kappa shape index (κ1) is 12.7. The second kappa shape index (κ2) is 4.97. The molecule has 2 aromatic carbocycles. The van der Waals surface area contributed by atoms with E-state index in [1.807, 2.05) is 60.9 Å². The monoisotopic (exact) mass is 263 g/mol. The Balaban J connectivity index is 2.45. The van der Waals surface area contributed by atoms with Gasteiger partial charge in [-0.3, -0.25) is 4.79 Å². The topological polar surface area (TPSA) is 22.0 Å². The summed E-state index contributed by atoms with van der Waals surface area (Å²) in [5.41, 5.74) is 2.29. The third kappa shape index (κ3) is 2.03. The summed E-state index contributed by atoms with van der Waals surface area (Å²) in [5.74, 6) is 0. The van der Waals surface area contributed by atoms with Gasteiger partial charge in [0.15, 0.2) is 0 Å². The molecule has 1 aromatic heterocycles. The number of hydrogen-bond acceptors (Lipinski definition) is 1. The van der Waals surface area contributed by atoms with Gasteiger partial charge in [0, 0.05) is 17.3 Å². The molecule has 0 aliphatic carbocycles. The van der Waals surface area contributed by atoms with Crippen LogP contribution in [0, 0.1) is 0 Å². The molecular weight excluding hydrogens is 246 g/mol. The Kier molecular flexibility index (Phi) is 3.15. The van der Waals surface area contributed by atoms with Crippen LogP contribution in [0.3, 0.4) is 0 Å². The number of allylic oxidation sites excluding steroid dienone is 2. The van der Waals surface area contributed by atoms with Gasteiger partial charge in [-0.1, -0.05) is 48.0 Å². The zero-order valence-corrected chi connectivity index (χ0v) is 11.8. The minimum Gasteiger partial charge on any atom is -0.304 e. The lowest BCUT2D eigenvalue weighted by Gasteiger charge is -2.11. The van der Waals surface area contributed by atoms with Crippen LogP contribution in [0.1, 0.15) is 13.8 Å². The fourth-order valence-corrected chi connectivity index (χ4v) is 2.55. The third-order valence-corrected chi connectivity index (χ3v) is 3.57. The van der Waals surface area contributed by atoms with E-state index in [0.717, 1.165) is 21.7 Å². The van der Waals surface area contributed by atoms with E-state index in [-0.39, 0.29) is 5.56 Å². The van der Waals surface area contributed by atoms with Crippen LogP contribution in [0.5, 0.6) is 0 Å². The van der Waals surface area contributed by atoms with Gasteiger partial charge in [0.1, 0.15) is 0 Å². The molecule has 20 heavy (non-hydrogen) atoms. The van der Waals surface area contributed by atoms with Crippen molar-refractivity contribution in [3.63, 3.8) is 0 Å². The summed E-state index contributed by atoms with van der Waals surface area (Å²) in [6, 6.07) is 15.9. The van der Waals surface area contributed by atoms with Crippen molar-refractivity contribution < 1.29 is 0 Å². The summed E-state index contributed by atoms with van der Waals surface area (Å²) in [4.78, 5) is 12.7. The first-order valence-corrected chi connectivity index (χ1v) is 6.82. The number of nitrogens with zero attached hydrogens (tertiary/aromatic N) is 1. The van der Waals surface area contributed by atoms with Crippen LogP contribution in [0.4, 0.5) is 0 Å². The second-order valence-corrected chi connectivity index (χ2v) is 5.26. The van der Waals surface area contributed by atoms with Crippen molar-refractivity contribution in [1.82, 2.24) is 4.57 Å². The van der Waals surface area contributed by atoms with E-state index >= 15 is 0 Å². The maximum absolute atomic E-state index is 12.7. The Morgan fingerprint density at radius 1 is 0.950 bits per heavy atom. The molecule has 0 aliphatic heterocycles. The molecule has 0 bridgehead atoms. The van der Waals surface area contributed by atoms with Crippen LogP contribution in [0.15, 0.2) is 65.0 Å². The number of fused-ring (bicyclic) bond motifs is 3. The lowest BCUT2D eigenvalue weighted by Crippen LogP contribution is -2.20. The van der Waals surface area contributed by atoms with Gasteiger partial charge in [0.25, 0.3) is 5.56 Å². The van der Waals surface area contributed by atoms with Crippen LogP contribution in [-0.2, 0) is 6.54 Å². The number of para-hydroxylation sites is 1. The molecule has 1 heterocycles. The highest BCUT2D eigenvalue weighted by Gasteiger charge is 2.08. The molecular formula is C18H17NO. The largest absolute Gasteiger partial charge is 0.304 e. The first-order valence-electron chi connectivity index (χ1n) is 6.82. The first-order chi connectivity index (χ1) is 9.68. The van der Waals surface area contributed by atoms with Crippen LogP contribution in [0.2, 0.25) is 0 Å². The molecule has 2 nitrogen and oxygen atoms in total. The van der Waals surface area contributed by atoms with Gasteiger partial charge in [0.05, 0.1) is 5.52 Å². The Bertz CT molecular complexity index is 867. The predicted octanol–water partition coefficient (Wildman–Crippen LogP) is 4.12. The van der Waals surface area contributed by atoms with E-state index in [0.29, 0.717) is 6.54 Å². The highest BCUT2D eigenvalue weighted by molar-refractivity contribution is 6.05. The molecule has 0 amide bonds. The SMILES string of the molecule is CC(C)=CCn1c(=O)c2ccccc2c2ccccc21. The van der Waals surface area contributed by atoms with Crippen molar-refractivity contribution in [2.75, 3.05) is 0 Å². The molecule has 0 saturated carbocycles. The summed E-state index contributed by atoms with van der Waals surface area (Å²) >= 11 is 0. The highest BCUT2D eigenvalue weighted by Crippen LogP contribution is 2.22. The Hall–Kier alpha value is -2.35. The molecule has 0 radical (unpaired) electrons. The third-order valence-electron chi connectivity index (χ3n) is 3.57. The van der Waals surface area contributed by atoms with Crippen LogP contribution in [0.25, 0.3) is 21.7 Å². The standard InChI is InChI=1S/C18H17NO/c1-13(2)11-12-19-17-10-6-5-8-15(17)14-7-3-4-9-16(14)18(19)20/h3-11H,12H2,1-2H3. The second-order valence-electron chi connectivity index (χ2n) is 5.26. The Morgan fingerprint density at radius 3 is 2.25 bits per heavy atom. The number of rotatable bonds is 2. The number of benzene rings is 2. The van der Waals surface area contributed by atoms with Gasteiger partial charge in [-0.25, -0.2) is 0 Å². The number of aromatic nitrogens is 1. The van der Waals surface area contributed by atoms with Crippen molar-refractivity contribution in [1.29, 1.82) is 0 Å². The molecule has 100 valence electrons. The van der Waals surface area contributed by atoms with E-state index < -0.39 is 0 Å². The molecule has 2 heteroatoms. The van der Waals surface area contributed by atoms with Crippen molar-refractivity contribution in [2.45, 2.75) is 20.4 Å². The smallest absolute Gasteiger partial charge is 0.259 e. The fraction of sp³-hybridized carbons (Fsp3) is 0.167. The summed E-state index contributed by atoms with van der Waals surface area (Å²) < 4.78 is 1.85. The van der Waals surface area contributed by atoms with Gasteiger partial charge in [-0.15, -0.1) is 0 Å². The van der Waals surface area contributed by atoms with Gasteiger partial charge >= 0.3 is 0 Å². The van der Waals surface area contributed by atoms with Crippen LogP contribution in [-0.4, -0.2) is 4.57 Å². The molecule has 0 spiro atoms. The van der Waals surface area contributed by atoms with E-state index in [1.165, 1.54) is 5.57 Å². The van der Waals surface area contributed by atoms with Crippen LogP contribution >= 0.6 is 0 Å². The summed E-state index contributed by atoms with van der Waals surface area (Å²) in [6.07, 6.45) is 2.09. The number of hydrogen-bond donors (Lipinski definition) is 0. The minimum atomic E-state index is 0.0804. The van der Waals surface area contributed by atoms with Crippen molar-refractivity contribution >= 4 is 21.7 Å². The molecule has 0 aliphatic rings. The van der Waals surface area contributed by atoms with Crippen LogP contribution < -0.4 is 5.56 Å². The van der Waals surface area contributed by atoms with E-state index in [1.54, 1.807) is 0 Å². The predicted molar refractivity (Wildman–Crippen MR) is 85.1 cm³/mol. The van der Waals surface area contributed by atoms with Gasteiger partial charge < -0.3 is 4.57 Å². The summed E-state index contributed by atoms with van der Waals surface area (Å²) in [7, 11) is 0. The van der Waals surface area contributed by atoms with Gasteiger partial charge in [-0.2, -0.15) is 0 Å². The molecule has 0 fully saturated rings. The van der Waals surface area contributed by atoms with Crippen molar-refractivity contribution in [3.05, 3.63) is 70.5 Å². The van der Waals surface area contributed by atoms with Crippen molar-refractivity contribution in [2.24, 2.45) is 0 Å². The zero-order chi connectivity index (χ0) is 14.1. The Morgan fingerprint density at radius 2 is 1.55 bits per heavy atom. The molecule has 0 N–H and O–H groups in total. The van der Waals surface area contributed by atoms with E-state index in [4.69, 9.17) is 0 Å². The maximum Gasteiger partial charge on any atom is 0.259 e. The fourth-order valence-electron chi connectivity index (χ4n) is 2.55. The summed E-state index contributed by atoms with van der Waals surface area (Å²) in [6.45, 7) is 4.72. The minimum absolute atomic E-state index is 0.0804. The molecule has 0 saturated heterocycles. The average Bonchev–Trinajstić information content (AvgIpc) is 2.47. The average molecular weight is 263 g/mol. The lowest BCUT2D eigenvalue weighted by atomic mass is 10.1. The number of pyridine rings is 1. The van der Waals surface area contributed by atoms with Gasteiger partial charge in [0.2, 0.25) is 0 Å².